The van der Waals surface area contributed by atoms with Gasteiger partial charge in [-0.1, -0.05) is 0 Å². The van der Waals surface area contributed by atoms with Crippen LogP contribution in [0, 0.1) is 0 Å². The van der Waals surface area contributed by atoms with Crippen molar-refractivity contribution < 1.29 is 9.47 Å². The Bertz CT molecular complexity index is 667. The first-order valence-corrected chi connectivity index (χ1v) is 11.1. The van der Waals surface area contributed by atoms with E-state index in [1.807, 2.05) is 6.92 Å². The molecule has 1 unspecified atom stereocenters. The second-order valence-corrected chi connectivity index (χ2v) is 8.04. The Morgan fingerprint density at radius 2 is 2.03 bits per heavy atom. The molecule has 7 heteroatoms. The van der Waals surface area contributed by atoms with Crippen LogP contribution in [-0.2, 0) is 13.0 Å². The van der Waals surface area contributed by atoms with E-state index in [0.717, 1.165) is 55.5 Å². The van der Waals surface area contributed by atoms with Crippen molar-refractivity contribution in [2.75, 3.05) is 33.3 Å². The third-order valence-corrected chi connectivity index (χ3v) is 5.24. The number of unbranched alkanes of at least 4 members (excludes halogenated alkanes) is 1. The summed E-state index contributed by atoms with van der Waals surface area (Å²) in [5, 5.41) is 6.79. The number of rotatable bonds is 11. The van der Waals surface area contributed by atoms with E-state index in [4.69, 9.17) is 14.5 Å². The van der Waals surface area contributed by atoms with Gasteiger partial charge in [-0.05, 0) is 73.2 Å². The summed E-state index contributed by atoms with van der Waals surface area (Å²) in [5.74, 6) is 2.74. The first-order chi connectivity index (χ1) is 13.9. The van der Waals surface area contributed by atoms with E-state index in [9.17, 15) is 0 Å². The summed E-state index contributed by atoms with van der Waals surface area (Å²) in [6.07, 6.45) is 3.47. The van der Waals surface area contributed by atoms with Crippen LogP contribution < -0.4 is 20.1 Å². The number of hydrogen-bond donors (Lipinski definition) is 2. The summed E-state index contributed by atoms with van der Waals surface area (Å²) in [6, 6.07) is 4.82. The first-order valence-electron chi connectivity index (χ1n) is 11.1. The van der Waals surface area contributed by atoms with Crippen LogP contribution in [0.2, 0.25) is 0 Å². The molecule has 1 heterocycles. The smallest absolute Gasteiger partial charge is 0.191 e. The lowest BCUT2D eigenvalue weighted by atomic mass is 10.1. The van der Waals surface area contributed by atoms with E-state index in [-0.39, 0.29) is 30.1 Å². The van der Waals surface area contributed by atoms with Crippen molar-refractivity contribution in [3.63, 3.8) is 0 Å². The predicted molar refractivity (Wildman–Crippen MR) is 137 cm³/mol. The fourth-order valence-corrected chi connectivity index (χ4v) is 3.35. The molecule has 1 aliphatic heterocycles. The minimum Gasteiger partial charge on any atom is -0.494 e. The van der Waals surface area contributed by atoms with Crippen LogP contribution in [0.4, 0.5) is 0 Å². The fraction of sp³-hybridized carbons (Fsp3) is 0.696. The van der Waals surface area contributed by atoms with E-state index >= 15 is 0 Å². The zero-order valence-electron chi connectivity index (χ0n) is 19.6. The highest BCUT2D eigenvalue weighted by Crippen LogP contribution is 2.35. The Balaban J connectivity index is 0.00000450. The van der Waals surface area contributed by atoms with Crippen molar-refractivity contribution in [3.05, 3.63) is 23.3 Å². The van der Waals surface area contributed by atoms with Gasteiger partial charge in [-0.25, -0.2) is 4.99 Å². The number of guanidine groups is 1. The molecule has 172 valence electrons. The van der Waals surface area contributed by atoms with Gasteiger partial charge < -0.3 is 25.0 Å². The number of halogens is 1. The molecule has 2 N–H and O–H groups in total. The van der Waals surface area contributed by atoms with Gasteiger partial charge in [-0.2, -0.15) is 0 Å². The van der Waals surface area contributed by atoms with Gasteiger partial charge in [0.25, 0.3) is 0 Å². The van der Waals surface area contributed by atoms with E-state index < -0.39 is 0 Å². The van der Waals surface area contributed by atoms with Crippen LogP contribution in [-0.4, -0.2) is 56.3 Å². The van der Waals surface area contributed by atoms with Gasteiger partial charge in [-0.15, -0.1) is 24.0 Å². The van der Waals surface area contributed by atoms with Crippen LogP contribution >= 0.6 is 24.0 Å². The first kappa shape index (κ1) is 26.8. The number of nitrogens with zero attached hydrogens (tertiary/aromatic N) is 2. The van der Waals surface area contributed by atoms with Gasteiger partial charge in [0.1, 0.15) is 17.6 Å². The van der Waals surface area contributed by atoms with Crippen molar-refractivity contribution in [3.8, 4) is 11.5 Å². The number of benzene rings is 1. The standard InChI is InChI=1S/C23H40N4O2.HI/c1-7-24-23(25-11-9-10-12-27(6)17(3)4)26-16-20-15-22-19(13-18(5)29-22)14-21(20)28-8-2;/h14-15,17-18H,7-13,16H2,1-6H3,(H2,24,25,26);1H. The Kier molecular flexibility index (Phi) is 12.5. The molecule has 30 heavy (non-hydrogen) atoms. The molecule has 6 nitrogen and oxygen atoms in total. The lowest BCUT2D eigenvalue weighted by molar-refractivity contribution is 0.254. The maximum atomic E-state index is 5.92. The SMILES string of the molecule is CCNC(=NCc1cc2c(cc1OCC)CC(C)O2)NCCCCN(C)C(C)C.I. The average molecular weight is 533 g/mol. The molecule has 0 spiro atoms. The van der Waals surface area contributed by atoms with E-state index in [0.29, 0.717) is 19.2 Å². The maximum absolute atomic E-state index is 5.92. The summed E-state index contributed by atoms with van der Waals surface area (Å²) in [7, 11) is 2.18. The molecule has 0 bridgehead atoms. The highest BCUT2D eigenvalue weighted by Gasteiger charge is 2.21. The molecule has 1 aromatic carbocycles. The van der Waals surface area contributed by atoms with Crippen LogP contribution in [0.3, 0.4) is 0 Å². The molecule has 0 fully saturated rings. The monoisotopic (exact) mass is 532 g/mol. The molecule has 1 aliphatic rings. The number of aliphatic imine (C=N–C) groups is 1. The lowest BCUT2D eigenvalue weighted by Gasteiger charge is -2.20. The second-order valence-electron chi connectivity index (χ2n) is 8.04. The van der Waals surface area contributed by atoms with Crippen molar-refractivity contribution in [1.29, 1.82) is 0 Å². The van der Waals surface area contributed by atoms with Gasteiger partial charge >= 0.3 is 0 Å². The Morgan fingerprint density at radius 3 is 2.70 bits per heavy atom. The van der Waals surface area contributed by atoms with E-state index in [1.165, 1.54) is 12.0 Å². The zero-order chi connectivity index (χ0) is 21.2. The van der Waals surface area contributed by atoms with Crippen molar-refractivity contribution >= 4 is 29.9 Å². The summed E-state index contributed by atoms with van der Waals surface area (Å²) in [5.41, 5.74) is 2.29. The summed E-state index contributed by atoms with van der Waals surface area (Å²) in [6.45, 7) is 14.8. The number of fused-ring (bicyclic) bond motifs is 1. The number of nitrogens with one attached hydrogen (secondary N) is 2. The third-order valence-electron chi connectivity index (χ3n) is 5.24. The third kappa shape index (κ3) is 8.49. The van der Waals surface area contributed by atoms with Gasteiger partial charge in [0.05, 0.1) is 13.2 Å². The molecule has 0 saturated carbocycles. The Hall–Kier alpha value is -1.22. The molecule has 1 aromatic rings. The minimum absolute atomic E-state index is 0. The zero-order valence-corrected chi connectivity index (χ0v) is 21.9. The Morgan fingerprint density at radius 1 is 1.27 bits per heavy atom. The summed E-state index contributed by atoms with van der Waals surface area (Å²) in [4.78, 5) is 7.16. The highest BCUT2D eigenvalue weighted by molar-refractivity contribution is 14.0. The molecular formula is C23H41IN4O2. The average Bonchev–Trinajstić information content (AvgIpc) is 3.04. The van der Waals surface area contributed by atoms with Crippen LogP contribution in [0.1, 0.15) is 58.6 Å². The molecule has 0 radical (unpaired) electrons. The summed E-state index contributed by atoms with van der Waals surface area (Å²) >= 11 is 0. The van der Waals surface area contributed by atoms with E-state index in [1.54, 1.807) is 0 Å². The molecule has 2 rings (SSSR count). The van der Waals surface area contributed by atoms with Gasteiger partial charge in [-0.3, -0.25) is 0 Å². The highest BCUT2D eigenvalue weighted by atomic mass is 127. The van der Waals surface area contributed by atoms with Crippen LogP contribution in [0.5, 0.6) is 11.5 Å². The quantitative estimate of drug-likeness (QED) is 0.194. The largest absolute Gasteiger partial charge is 0.494 e. The number of hydrogen-bond acceptors (Lipinski definition) is 4. The van der Waals surface area contributed by atoms with Crippen molar-refractivity contribution in [1.82, 2.24) is 15.5 Å². The van der Waals surface area contributed by atoms with Gasteiger partial charge in [0.15, 0.2) is 5.96 Å². The minimum atomic E-state index is 0. The molecule has 1 atom stereocenters. The second kappa shape index (κ2) is 14.0. The summed E-state index contributed by atoms with van der Waals surface area (Å²) < 4.78 is 11.8. The number of ether oxygens (including phenoxy) is 2. The Labute approximate surface area is 200 Å². The van der Waals surface area contributed by atoms with Crippen LogP contribution in [0.15, 0.2) is 17.1 Å². The lowest BCUT2D eigenvalue weighted by Crippen LogP contribution is -2.38. The van der Waals surface area contributed by atoms with Gasteiger partial charge in [0, 0.05) is 36.7 Å². The van der Waals surface area contributed by atoms with Crippen molar-refractivity contribution in [2.45, 2.75) is 72.6 Å². The maximum Gasteiger partial charge on any atom is 0.191 e. The molecule has 0 aromatic heterocycles. The molecule has 0 amide bonds. The fourth-order valence-electron chi connectivity index (χ4n) is 3.35. The van der Waals surface area contributed by atoms with Gasteiger partial charge in [0.2, 0.25) is 0 Å². The molecule has 0 aliphatic carbocycles. The predicted octanol–water partition coefficient (Wildman–Crippen LogP) is 4.20. The molecule has 0 saturated heterocycles. The van der Waals surface area contributed by atoms with Crippen LogP contribution in [0.25, 0.3) is 0 Å². The van der Waals surface area contributed by atoms with E-state index in [2.05, 4.69) is 62.4 Å². The normalized spacial score (nSPS) is 15.6. The topological polar surface area (TPSA) is 58.1 Å². The van der Waals surface area contributed by atoms with Crippen molar-refractivity contribution in [2.24, 2.45) is 4.99 Å². The molecular weight excluding hydrogens is 491 g/mol.